The molecule has 5 rings (SSSR count). The van der Waals surface area contributed by atoms with Gasteiger partial charge in [0.2, 0.25) is 0 Å². The minimum Gasteiger partial charge on any atom is -0.363 e. The van der Waals surface area contributed by atoms with Crippen molar-refractivity contribution in [2.45, 2.75) is 38.8 Å². The molecule has 0 saturated carbocycles. The van der Waals surface area contributed by atoms with Gasteiger partial charge in [-0.05, 0) is 42.3 Å². The number of piperazine rings is 1. The van der Waals surface area contributed by atoms with Crippen LogP contribution in [0.1, 0.15) is 34.0 Å². The van der Waals surface area contributed by atoms with Crippen molar-refractivity contribution in [1.29, 1.82) is 0 Å². The number of nitro benzene ring substituents is 1. The number of anilines is 1. The third-order valence-electron chi connectivity index (χ3n) is 8.29. The molecule has 47 heavy (non-hydrogen) atoms. The molecule has 0 bridgehead atoms. The van der Waals surface area contributed by atoms with Crippen LogP contribution in [0.5, 0.6) is 0 Å². The normalized spacial score (nSPS) is 14.7. The minimum atomic E-state index is -4.91. The van der Waals surface area contributed by atoms with E-state index in [1.165, 1.54) is 43.3 Å². The second-order valence-electron chi connectivity index (χ2n) is 11.3. The van der Waals surface area contributed by atoms with E-state index in [1.807, 2.05) is 4.90 Å². The predicted molar refractivity (Wildman–Crippen MR) is 164 cm³/mol. The molecule has 2 N–H and O–H groups in total. The van der Waals surface area contributed by atoms with Crippen LogP contribution in [0.3, 0.4) is 0 Å². The first kappa shape index (κ1) is 33.5. The number of nitrogens with two attached hydrogens (primary N) is 1. The highest BCUT2D eigenvalue weighted by molar-refractivity contribution is 5.50. The molecule has 2 heterocycles. The fourth-order valence-electron chi connectivity index (χ4n) is 5.81. The van der Waals surface area contributed by atoms with E-state index in [9.17, 15) is 41.7 Å². The zero-order valence-electron chi connectivity index (χ0n) is 25.2. The summed E-state index contributed by atoms with van der Waals surface area (Å²) in [6.07, 6.45) is -4.91. The Morgan fingerprint density at radius 3 is 2.21 bits per heavy atom. The second-order valence-corrected chi connectivity index (χ2v) is 11.3. The van der Waals surface area contributed by atoms with E-state index in [0.29, 0.717) is 25.2 Å². The van der Waals surface area contributed by atoms with E-state index in [-0.39, 0.29) is 36.7 Å². The molecule has 3 aromatic carbocycles. The number of nitro groups is 1. The lowest BCUT2D eigenvalue weighted by molar-refractivity contribution is -0.384. The Bertz CT molecular complexity index is 1900. The fraction of sp³-hybridized carbons (Fsp3) is 0.312. The van der Waals surface area contributed by atoms with Crippen molar-refractivity contribution in [3.05, 3.63) is 137 Å². The SMILES string of the molecule is Cc1c(N2CCN(Cc3cccc([N+](=O)[O-])c3)CC2)c(=O)n(C[C@H](N)c2ccc(F)cc2)c(=O)n1Cc1c(F)cccc1C(F)(F)F. The number of benzene rings is 3. The largest absolute Gasteiger partial charge is 0.416 e. The first-order valence-corrected chi connectivity index (χ1v) is 14.6. The third kappa shape index (κ3) is 7.25. The van der Waals surface area contributed by atoms with Gasteiger partial charge >= 0.3 is 11.9 Å². The number of hydrogen-bond acceptors (Lipinski definition) is 7. The summed E-state index contributed by atoms with van der Waals surface area (Å²) in [7, 11) is 0. The highest BCUT2D eigenvalue weighted by Crippen LogP contribution is 2.33. The molecule has 10 nitrogen and oxygen atoms in total. The van der Waals surface area contributed by atoms with Crippen molar-refractivity contribution >= 4 is 11.4 Å². The van der Waals surface area contributed by atoms with Gasteiger partial charge in [0, 0.05) is 62.2 Å². The summed E-state index contributed by atoms with van der Waals surface area (Å²) in [6.45, 7) is 2.03. The number of halogens is 5. The van der Waals surface area contributed by atoms with Gasteiger partial charge in [-0.1, -0.05) is 30.3 Å². The molecule has 1 aliphatic rings. The molecular weight excluding hydrogens is 627 g/mol. The summed E-state index contributed by atoms with van der Waals surface area (Å²) in [5.74, 6) is -1.68. The third-order valence-corrected chi connectivity index (χ3v) is 8.29. The van der Waals surface area contributed by atoms with Gasteiger partial charge in [0.15, 0.2) is 0 Å². The van der Waals surface area contributed by atoms with Crippen LogP contribution in [0.2, 0.25) is 0 Å². The van der Waals surface area contributed by atoms with Gasteiger partial charge in [-0.3, -0.25) is 28.9 Å². The van der Waals surface area contributed by atoms with Crippen molar-refractivity contribution in [3.63, 3.8) is 0 Å². The van der Waals surface area contributed by atoms with Gasteiger partial charge in [-0.25, -0.2) is 13.6 Å². The van der Waals surface area contributed by atoms with Crippen molar-refractivity contribution in [1.82, 2.24) is 14.0 Å². The Hall–Kier alpha value is -4.89. The lowest BCUT2D eigenvalue weighted by Gasteiger charge is -2.37. The van der Waals surface area contributed by atoms with Crippen LogP contribution in [0.4, 0.5) is 33.3 Å². The summed E-state index contributed by atoms with van der Waals surface area (Å²) in [4.78, 5) is 42.2. The van der Waals surface area contributed by atoms with Gasteiger partial charge < -0.3 is 10.6 Å². The van der Waals surface area contributed by atoms with Gasteiger partial charge in [-0.2, -0.15) is 13.2 Å². The number of aromatic nitrogens is 2. The molecule has 1 atom stereocenters. The van der Waals surface area contributed by atoms with Gasteiger partial charge in [-0.15, -0.1) is 0 Å². The van der Waals surface area contributed by atoms with E-state index < -0.39 is 57.7 Å². The molecule has 248 valence electrons. The number of non-ortho nitro benzene ring substituents is 1. The van der Waals surface area contributed by atoms with E-state index in [2.05, 4.69) is 0 Å². The second kappa shape index (κ2) is 13.5. The zero-order chi connectivity index (χ0) is 34.0. The number of nitrogens with zero attached hydrogens (tertiary/aromatic N) is 5. The maximum atomic E-state index is 14.9. The van der Waals surface area contributed by atoms with Gasteiger partial charge in [0.25, 0.3) is 11.2 Å². The highest BCUT2D eigenvalue weighted by Gasteiger charge is 2.35. The zero-order valence-corrected chi connectivity index (χ0v) is 25.2. The van der Waals surface area contributed by atoms with Crippen LogP contribution < -0.4 is 21.9 Å². The fourth-order valence-corrected chi connectivity index (χ4v) is 5.81. The van der Waals surface area contributed by atoms with Gasteiger partial charge in [0.05, 0.1) is 23.6 Å². The monoisotopic (exact) mass is 658 g/mol. The Morgan fingerprint density at radius 2 is 1.57 bits per heavy atom. The Balaban J connectivity index is 1.52. The summed E-state index contributed by atoms with van der Waals surface area (Å²) in [5, 5.41) is 11.2. The Kier molecular flexibility index (Phi) is 9.58. The molecular formula is C32H31F5N6O4. The van der Waals surface area contributed by atoms with E-state index >= 15 is 0 Å². The number of rotatable bonds is 9. The lowest BCUT2D eigenvalue weighted by atomic mass is 10.1. The van der Waals surface area contributed by atoms with Crippen LogP contribution >= 0.6 is 0 Å². The standard InChI is InChI=1S/C32H31F5N6O4/c1-20-29(40-14-12-39(13-15-40)17-21-4-2-5-24(16-21)43(46)47)30(44)42(19-28(38)22-8-10-23(33)11-9-22)31(45)41(20)18-25-26(32(35,36)37)6-3-7-27(25)34/h2-11,16,28H,12-15,17-19,38H2,1H3/t28-/m0/s1. The molecule has 0 aliphatic carbocycles. The van der Waals surface area contributed by atoms with Crippen LogP contribution in [-0.4, -0.2) is 45.1 Å². The first-order valence-electron chi connectivity index (χ1n) is 14.6. The van der Waals surface area contributed by atoms with Crippen molar-refractivity contribution < 1.29 is 26.9 Å². The molecule has 0 unspecified atom stereocenters. The highest BCUT2D eigenvalue weighted by atomic mass is 19.4. The average Bonchev–Trinajstić information content (AvgIpc) is 3.02. The summed E-state index contributed by atoms with van der Waals surface area (Å²) in [5.41, 5.74) is 3.80. The summed E-state index contributed by atoms with van der Waals surface area (Å²) < 4.78 is 71.9. The lowest BCUT2D eigenvalue weighted by Crippen LogP contribution is -2.51. The molecule has 15 heteroatoms. The van der Waals surface area contributed by atoms with Crippen LogP contribution in [0.25, 0.3) is 0 Å². The maximum absolute atomic E-state index is 14.9. The molecule has 0 radical (unpaired) electrons. The maximum Gasteiger partial charge on any atom is 0.416 e. The number of alkyl halides is 3. The van der Waals surface area contributed by atoms with Crippen LogP contribution in [0.15, 0.2) is 76.3 Å². The smallest absolute Gasteiger partial charge is 0.363 e. The molecule has 0 spiro atoms. The van der Waals surface area contributed by atoms with Crippen LogP contribution in [0, 0.1) is 28.7 Å². The molecule has 1 saturated heterocycles. The molecule has 1 fully saturated rings. The number of hydrogen-bond donors (Lipinski definition) is 1. The predicted octanol–water partition coefficient (Wildman–Crippen LogP) is 4.59. The molecule has 1 aromatic heterocycles. The van der Waals surface area contributed by atoms with E-state index in [4.69, 9.17) is 5.73 Å². The van der Waals surface area contributed by atoms with Crippen molar-refractivity contribution in [2.24, 2.45) is 5.73 Å². The van der Waals surface area contributed by atoms with Gasteiger partial charge in [0.1, 0.15) is 17.3 Å². The summed E-state index contributed by atoms with van der Waals surface area (Å²) in [6, 6.07) is 12.9. The van der Waals surface area contributed by atoms with Crippen molar-refractivity contribution in [3.8, 4) is 0 Å². The summed E-state index contributed by atoms with van der Waals surface area (Å²) >= 11 is 0. The first-order chi connectivity index (χ1) is 22.2. The van der Waals surface area contributed by atoms with E-state index in [1.54, 1.807) is 17.0 Å². The quantitative estimate of drug-likeness (QED) is 0.159. The molecule has 0 amide bonds. The Labute approximate surface area is 265 Å². The topological polar surface area (TPSA) is 120 Å². The van der Waals surface area contributed by atoms with Crippen LogP contribution in [-0.2, 0) is 25.8 Å². The molecule has 1 aliphatic heterocycles. The molecule has 4 aromatic rings. The Morgan fingerprint density at radius 1 is 0.915 bits per heavy atom. The van der Waals surface area contributed by atoms with E-state index in [0.717, 1.165) is 32.9 Å². The average molecular weight is 659 g/mol. The minimum absolute atomic E-state index is 0.0399. The van der Waals surface area contributed by atoms with Crippen molar-refractivity contribution in [2.75, 3.05) is 31.1 Å².